The second-order valence-corrected chi connectivity index (χ2v) is 3.29. The van der Waals surface area contributed by atoms with E-state index < -0.39 is 11.2 Å². The molecule has 3 nitrogen and oxygen atoms in total. The molecular formula is C6H17NO2S. The van der Waals surface area contributed by atoms with Crippen LogP contribution in [0.25, 0.3) is 0 Å². The summed E-state index contributed by atoms with van der Waals surface area (Å²) < 4.78 is 9.56. The molecule has 0 saturated carbocycles. The lowest BCUT2D eigenvalue weighted by Crippen LogP contribution is -2.06. The average Bonchev–Trinajstić information content (AvgIpc) is 1.65. The van der Waals surface area contributed by atoms with Crippen LogP contribution in [0.15, 0.2) is 0 Å². The fraction of sp³-hybridized carbons (Fsp3) is 0.833. The molecule has 0 saturated heterocycles. The van der Waals surface area contributed by atoms with Gasteiger partial charge in [0.1, 0.15) is 0 Å². The monoisotopic (exact) mass is 167 g/mol. The molecule has 0 atom stereocenters. The van der Waals surface area contributed by atoms with Gasteiger partial charge < -0.3 is 9.45 Å². The minimum atomic E-state index is -0.611. The van der Waals surface area contributed by atoms with Gasteiger partial charge in [0, 0.05) is 14.1 Å². The van der Waals surface area contributed by atoms with Crippen LogP contribution in [0.5, 0.6) is 0 Å². The van der Waals surface area contributed by atoms with E-state index in [0.29, 0.717) is 0 Å². The number of amides is 1. The van der Waals surface area contributed by atoms with E-state index in [9.17, 15) is 9.35 Å². The van der Waals surface area contributed by atoms with E-state index in [1.165, 1.54) is 4.90 Å². The van der Waals surface area contributed by atoms with Crippen LogP contribution >= 0.6 is 0 Å². The van der Waals surface area contributed by atoms with Gasteiger partial charge in [0.2, 0.25) is 6.41 Å². The van der Waals surface area contributed by atoms with Gasteiger partial charge in [-0.05, 0) is 0 Å². The van der Waals surface area contributed by atoms with E-state index in [-0.39, 0.29) is 7.43 Å². The van der Waals surface area contributed by atoms with Crippen molar-refractivity contribution in [3.63, 3.8) is 0 Å². The fourth-order valence-electron chi connectivity index (χ4n) is 0. The topological polar surface area (TPSA) is 43.4 Å². The summed E-state index contributed by atoms with van der Waals surface area (Å²) in [5.74, 6) is 0. The van der Waals surface area contributed by atoms with Crippen LogP contribution in [-0.4, -0.2) is 42.5 Å². The molecule has 0 radical (unpaired) electrons. The smallest absolute Gasteiger partial charge is 0.209 e. The molecule has 0 rings (SSSR count). The summed E-state index contributed by atoms with van der Waals surface area (Å²) in [4.78, 5) is 10.9. The van der Waals surface area contributed by atoms with Gasteiger partial charge in [-0.15, -0.1) is 0 Å². The molecule has 0 heterocycles. The quantitative estimate of drug-likeness (QED) is 0.417. The first kappa shape index (κ1) is 16.4. The largest absolute Gasteiger partial charge is 0.617 e. The molecule has 0 aliphatic rings. The lowest BCUT2D eigenvalue weighted by molar-refractivity contribution is -0.115. The molecule has 4 heteroatoms. The van der Waals surface area contributed by atoms with Crippen LogP contribution in [0.2, 0.25) is 0 Å². The second-order valence-electron chi connectivity index (χ2n) is 1.81. The number of carbonyl (C=O) groups is 1. The Morgan fingerprint density at radius 3 is 1.50 bits per heavy atom. The van der Waals surface area contributed by atoms with Crippen molar-refractivity contribution in [1.82, 2.24) is 4.90 Å². The highest BCUT2D eigenvalue weighted by atomic mass is 32.2. The minimum Gasteiger partial charge on any atom is -0.617 e. The third-order valence-electron chi connectivity index (χ3n) is 0.211. The van der Waals surface area contributed by atoms with E-state index in [1.54, 1.807) is 26.6 Å². The predicted octanol–water partition coefficient (Wildman–Crippen LogP) is 0.335. The molecule has 0 aromatic rings. The summed E-state index contributed by atoms with van der Waals surface area (Å²) >= 11 is -0.611. The highest BCUT2D eigenvalue weighted by Crippen LogP contribution is 1.61. The Kier molecular flexibility index (Phi) is 19.0. The van der Waals surface area contributed by atoms with Crippen molar-refractivity contribution in [2.75, 3.05) is 26.6 Å². The van der Waals surface area contributed by atoms with Gasteiger partial charge in [0.15, 0.2) is 0 Å². The third kappa shape index (κ3) is 113. The maximum Gasteiger partial charge on any atom is 0.209 e. The standard InChI is InChI=1S/C3H7NO.C2H6OS.CH4/c1-4(2)3-5;1-4(2)3;/h3H,1-2H3;1-2H3;1H4. The summed E-state index contributed by atoms with van der Waals surface area (Å²) in [5, 5.41) is 0. The Bertz CT molecular complexity index is 64.0. The van der Waals surface area contributed by atoms with Gasteiger partial charge in [-0.2, -0.15) is 0 Å². The zero-order chi connectivity index (χ0) is 7.86. The first-order valence-electron chi connectivity index (χ1n) is 2.37. The molecule has 0 unspecified atom stereocenters. The van der Waals surface area contributed by atoms with E-state index in [2.05, 4.69) is 0 Å². The Labute approximate surface area is 66.6 Å². The van der Waals surface area contributed by atoms with Gasteiger partial charge in [0.25, 0.3) is 0 Å². The number of rotatable bonds is 1. The zero-order valence-electron chi connectivity index (χ0n) is 6.25. The van der Waals surface area contributed by atoms with Crippen LogP contribution in [0.1, 0.15) is 7.43 Å². The summed E-state index contributed by atoms with van der Waals surface area (Å²) in [5.41, 5.74) is 0. The van der Waals surface area contributed by atoms with Crippen molar-refractivity contribution in [2.45, 2.75) is 7.43 Å². The summed E-state index contributed by atoms with van der Waals surface area (Å²) in [6.45, 7) is 0. The lowest BCUT2D eigenvalue weighted by atomic mass is 11.0. The molecule has 0 aromatic heterocycles. The zero-order valence-corrected chi connectivity index (χ0v) is 7.07. The first-order chi connectivity index (χ1) is 4.00. The molecule has 0 aliphatic carbocycles. The lowest BCUT2D eigenvalue weighted by Gasteiger charge is -1.93. The van der Waals surface area contributed by atoms with Gasteiger partial charge in [-0.1, -0.05) is 18.6 Å². The normalized spacial score (nSPS) is 7.00. The van der Waals surface area contributed by atoms with E-state index in [0.717, 1.165) is 6.41 Å². The average molecular weight is 167 g/mol. The number of hydrogen-bond donors (Lipinski definition) is 0. The van der Waals surface area contributed by atoms with Gasteiger partial charge in [-0.3, -0.25) is 4.79 Å². The van der Waals surface area contributed by atoms with Gasteiger partial charge in [0.05, 0.1) is 12.5 Å². The Hall–Kier alpha value is -0.220. The van der Waals surface area contributed by atoms with E-state index in [4.69, 9.17) is 0 Å². The minimum absolute atomic E-state index is 0. The maximum atomic E-state index is 9.56. The molecule has 0 N–H and O–H groups in total. The molecule has 10 heavy (non-hydrogen) atoms. The van der Waals surface area contributed by atoms with Crippen molar-refractivity contribution in [3.8, 4) is 0 Å². The summed E-state index contributed by atoms with van der Waals surface area (Å²) in [6.07, 6.45) is 4.03. The second kappa shape index (κ2) is 11.6. The molecule has 0 aliphatic heterocycles. The molecule has 0 spiro atoms. The van der Waals surface area contributed by atoms with Crippen molar-refractivity contribution in [1.29, 1.82) is 0 Å². The number of carbonyl (C=O) groups excluding carboxylic acids is 1. The SMILES string of the molecule is C.CN(C)C=O.C[S+](C)[O-]. The van der Waals surface area contributed by atoms with Crippen molar-refractivity contribution in [2.24, 2.45) is 0 Å². The van der Waals surface area contributed by atoms with Gasteiger partial charge >= 0.3 is 0 Å². The van der Waals surface area contributed by atoms with Crippen LogP contribution in [0.4, 0.5) is 0 Å². The maximum absolute atomic E-state index is 9.56. The molecule has 1 amide bonds. The molecular weight excluding hydrogens is 150 g/mol. The summed E-state index contributed by atoms with van der Waals surface area (Å²) in [7, 11) is 3.38. The third-order valence-corrected chi connectivity index (χ3v) is 0.211. The Morgan fingerprint density at radius 2 is 1.50 bits per heavy atom. The number of hydrogen-bond acceptors (Lipinski definition) is 2. The van der Waals surface area contributed by atoms with Crippen LogP contribution in [0, 0.1) is 0 Å². The Morgan fingerprint density at radius 1 is 1.40 bits per heavy atom. The predicted molar refractivity (Wildman–Crippen MR) is 46.5 cm³/mol. The Balaban J connectivity index is -0.0000000910. The molecule has 0 bridgehead atoms. The van der Waals surface area contributed by atoms with Crippen molar-refractivity contribution >= 4 is 17.6 Å². The van der Waals surface area contributed by atoms with Crippen molar-refractivity contribution < 1.29 is 9.35 Å². The van der Waals surface area contributed by atoms with E-state index in [1.807, 2.05) is 0 Å². The molecule has 0 aromatic carbocycles. The van der Waals surface area contributed by atoms with E-state index >= 15 is 0 Å². The van der Waals surface area contributed by atoms with Crippen LogP contribution in [0.3, 0.4) is 0 Å². The number of nitrogens with zero attached hydrogens (tertiary/aromatic N) is 1. The fourth-order valence-corrected chi connectivity index (χ4v) is 0. The van der Waals surface area contributed by atoms with Crippen molar-refractivity contribution in [3.05, 3.63) is 0 Å². The molecule has 0 fully saturated rings. The molecule has 64 valence electrons. The van der Waals surface area contributed by atoms with Crippen LogP contribution in [-0.2, 0) is 16.0 Å². The highest BCUT2D eigenvalue weighted by molar-refractivity contribution is 7.89. The first-order valence-corrected chi connectivity index (χ1v) is 4.34. The van der Waals surface area contributed by atoms with Crippen LogP contribution < -0.4 is 0 Å². The highest BCUT2D eigenvalue weighted by Gasteiger charge is 1.68. The van der Waals surface area contributed by atoms with Gasteiger partial charge in [-0.25, -0.2) is 0 Å². The summed E-state index contributed by atoms with van der Waals surface area (Å²) in [6, 6.07) is 0.